The maximum Gasteiger partial charge on any atom is 0.226 e. The summed E-state index contributed by atoms with van der Waals surface area (Å²) in [5.74, 6) is 0.261. The van der Waals surface area contributed by atoms with E-state index in [4.69, 9.17) is 4.74 Å². The zero-order valence-corrected chi connectivity index (χ0v) is 22.3. The van der Waals surface area contributed by atoms with Gasteiger partial charge in [-0.3, -0.25) is 10.1 Å². The second-order valence-electron chi connectivity index (χ2n) is 11.1. The highest BCUT2D eigenvalue weighted by Gasteiger charge is 2.49. The van der Waals surface area contributed by atoms with Crippen LogP contribution in [0.1, 0.15) is 51.9 Å². The Bertz CT molecular complexity index is 925. The van der Waals surface area contributed by atoms with Gasteiger partial charge in [-0.25, -0.2) is 8.42 Å². The molecule has 9 atom stereocenters. The van der Waals surface area contributed by atoms with E-state index >= 15 is 0 Å². The summed E-state index contributed by atoms with van der Waals surface area (Å²) in [6.45, 7) is 3.79. The van der Waals surface area contributed by atoms with E-state index < -0.39 is 10.0 Å². The molecule has 2 saturated carbocycles. The zero-order valence-electron chi connectivity index (χ0n) is 20.7. The van der Waals surface area contributed by atoms with Crippen LogP contribution >= 0.6 is 11.8 Å². The van der Waals surface area contributed by atoms with E-state index in [9.17, 15) is 18.5 Å². The number of fused-ring (bicyclic) bond motifs is 1. The minimum Gasteiger partial charge on any atom is -0.381 e. The molecule has 5 aliphatic rings. The molecule has 9 nitrogen and oxygen atoms in total. The third-order valence-electron chi connectivity index (χ3n) is 9.05. The van der Waals surface area contributed by atoms with Gasteiger partial charge in [-0.15, -0.1) is 11.8 Å². The SMILES string of the molecule is COC1CCC(C#N)CC1C1CC(C)NCC1C(=O)NC1NC2CN(S(=O)(=O)C3CCC3)CC2S1. The van der Waals surface area contributed by atoms with E-state index in [0.29, 0.717) is 25.7 Å². The molecule has 2 aliphatic carbocycles. The number of methoxy groups -OCH3 is 1. The lowest BCUT2D eigenvalue weighted by Crippen LogP contribution is -2.55. The van der Waals surface area contributed by atoms with Crippen LogP contribution in [0.4, 0.5) is 0 Å². The number of sulfonamides is 1. The van der Waals surface area contributed by atoms with Crippen molar-refractivity contribution in [3.8, 4) is 6.07 Å². The molecular weight excluding hydrogens is 486 g/mol. The number of nitrogens with one attached hydrogen (secondary N) is 3. The van der Waals surface area contributed by atoms with Gasteiger partial charge in [0.05, 0.1) is 23.3 Å². The summed E-state index contributed by atoms with van der Waals surface area (Å²) in [6.07, 6.45) is 6.08. The molecule has 3 N–H and O–H groups in total. The minimum absolute atomic E-state index is 0.0332. The van der Waals surface area contributed by atoms with Gasteiger partial charge in [-0.1, -0.05) is 6.42 Å². The normalized spacial score (nSPS) is 42.7. The zero-order chi connectivity index (χ0) is 24.7. The lowest BCUT2D eigenvalue weighted by Gasteiger charge is -2.44. The van der Waals surface area contributed by atoms with Crippen LogP contribution in [0.25, 0.3) is 0 Å². The van der Waals surface area contributed by atoms with Gasteiger partial charge in [0.1, 0.15) is 5.50 Å². The first-order chi connectivity index (χ1) is 16.8. The van der Waals surface area contributed by atoms with Crippen LogP contribution in [0, 0.1) is 35.0 Å². The molecule has 0 aromatic rings. The van der Waals surface area contributed by atoms with E-state index in [1.807, 2.05) is 0 Å². The first-order valence-electron chi connectivity index (χ1n) is 13.2. The Morgan fingerprint density at radius 3 is 2.63 bits per heavy atom. The van der Waals surface area contributed by atoms with Crippen molar-refractivity contribution in [3.05, 3.63) is 0 Å². The van der Waals surface area contributed by atoms with Gasteiger partial charge in [0.15, 0.2) is 0 Å². The predicted molar refractivity (Wildman–Crippen MR) is 135 cm³/mol. The number of piperidine rings is 1. The Morgan fingerprint density at radius 1 is 1.17 bits per heavy atom. The molecular formula is C24H39N5O4S2. The standard InChI is InChI=1S/C24H39N5O4S2/c1-14-8-17(18-9-15(10-25)6-7-21(18)33-2)19(11-26-14)23(30)28-24-27-20-12-29(13-22(20)34-24)35(31,32)16-4-3-5-16/h14-22,24,26-27H,3-9,11-13H2,1-2H3,(H,28,30). The third-order valence-corrected chi connectivity index (χ3v) is 12.7. The third kappa shape index (κ3) is 5.12. The molecule has 0 bridgehead atoms. The molecule has 3 heterocycles. The number of carbonyl (C=O) groups excluding carboxylic acids is 1. The molecule has 11 heteroatoms. The summed E-state index contributed by atoms with van der Waals surface area (Å²) in [4.78, 5) is 13.5. The fourth-order valence-electron chi connectivity index (χ4n) is 6.78. The molecule has 3 saturated heterocycles. The number of rotatable bonds is 6. The Kier molecular flexibility index (Phi) is 7.69. The number of ether oxygens (including phenoxy) is 1. The van der Waals surface area contributed by atoms with Crippen molar-refractivity contribution in [1.29, 1.82) is 5.26 Å². The monoisotopic (exact) mass is 525 g/mol. The van der Waals surface area contributed by atoms with Gasteiger partial charge in [0, 0.05) is 50.0 Å². The average molecular weight is 526 g/mol. The molecule has 5 rings (SSSR count). The van der Waals surface area contributed by atoms with Gasteiger partial charge in [-0.2, -0.15) is 9.57 Å². The Labute approximate surface area is 213 Å². The van der Waals surface area contributed by atoms with E-state index in [1.165, 1.54) is 0 Å². The Morgan fingerprint density at radius 2 is 1.97 bits per heavy atom. The number of carbonyl (C=O) groups is 1. The lowest BCUT2D eigenvalue weighted by atomic mass is 9.66. The second kappa shape index (κ2) is 10.5. The van der Waals surface area contributed by atoms with Gasteiger partial charge >= 0.3 is 0 Å². The lowest BCUT2D eigenvalue weighted by molar-refractivity contribution is -0.131. The summed E-state index contributed by atoms with van der Waals surface area (Å²) in [7, 11) is -1.45. The Balaban J connectivity index is 1.20. The molecule has 35 heavy (non-hydrogen) atoms. The highest BCUT2D eigenvalue weighted by molar-refractivity contribution is 8.00. The predicted octanol–water partition coefficient (Wildman–Crippen LogP) is 1.23. The van der Waals surface area contributed by atoms with E-state index in [2.05, 4.69) is 28.9 Å². The van der Waals surface area contributed by atoms with Crippen LogP contribution in [0.5, 0.6) is 0 Å². The molecule has 0 aromatic heterocycles. The largest absolute Gasteiger partial charge is 0.381 e. The minimum atomic E-state index is -3.19. The smallest absolute Gasteiger partial charge is 0.226 e. The highest BCUT2D eigenvalue weighted by Crippen LogP contribution is 2.42. The maximum absolute atomic E-state index is 13.5. The summed E-state index contributed by atoms with van der Waals surface area (Å²) in [5.41, 5.74) is -0.206. The highest BCUT2D eigenvalue weighted by atomic mass is 32.2. The van der Waals surface area contributed by atoms with Gasteiger partial charge < -0.3 is 15.4 Å². The van der Waals surface area contributed by atoms with Crippen LogP contribution in [0.15, 0.2) is 0 Å². The van der Waals surface area contributed by atoms with Crippen LogP contribution < -0.4 is 16.0 Å². The molecule has 0 aromatic carbocycles. The molecule has 196 valence electrons. The van der Waals surface area contributed by atoms with Crippen molar-refractivity contribution in [2.24, 2.45) is 23.7 Å². The fraction of sp³-hybridized carbons (Fsp3) is 0.917. The molecule has 1 amide bonds. The van der Waals surface area contributed by atoms with Gasteiger partial charge in [0.25, 0.3) is 0 Å². The van der Waals surface area contributed by atoms with Crippen molar-refractivity contribution in [2.45, 2.75) is 86.1 Å². The molecule has 0 spiro atoms. The van der Waals surface area contributed by atoms with Gasteiger partial charge in [0.2, 0.25) is 15.9 Å². The van der Waals surface area contributed by atoms with Crippen LogP contribution in [0.2, 0.25) is 0 Å². The van der Waals surface area contributed by atoms with Crippen molar-refractivity contribution < 1.29 is 17.9 Å². The number of amides is 1. The second-order valence-corrected chi connectivity index (χ2v) is 14.7. The number of nitrogens with zero attached hydrogens (tertiary/aromatic N) is 2. The summed E-state index contributed by atoms with van der Waals surface area (Å²) in [6, 6.07) is 2.84. The molecule has 3 aliphatic heterocycles. The summed E-state index contributed by atoms with van der Waals surface area (Å²) < 4.78 is 33.1. The number of nitriles is 1. The summed E-state index contributed by atoms with van der Waals surface area (Å²) in [5, 5.41) is 19.7. The topological polar surface area (TPSA) is 124 Å². The van der Waals surface area contributed by atoms with Crippen molar-refractivity contribution in [3.63, 3.8) is 0 Å². The number of thioether (sulfide) groups is 1. The van der Waals surface area contributed by atoms with Crippen molar-refractivity contribution in [1.82, 2.24) is 20.3 Å². The summed E-state index contributed by atoms with van der Waals surface area (Å²) >= 11 is 1.64. The first-order valence-corrected chi connectivity index (χ1v) is 15.6. The van der Waals surface area contributed by atoms with E-state index in [1.54, 1.807) is 23.2 Å². The molecule has 0 radical (unpaired) electrons. The van der Waals surface area contributed by atoms with Crippen molar-refractivity contribution >= 4 is 27.7 Å². The number of hydrogen-bond donors (Lipinski definition) is 3. The Hall–Kier alpha value is -0.900. The van der Waals surface area contributed by atoms with Crippen LogP contribution in [0.3, 0.4) is 0 Å². The van der Waals surface area contributed by atoms with Crippen LogP contribution in [-0.2, 0) is 19.6 Å². The van der Waals surface area contributed by atoms with E-state index in [-0.39, 0.29) is 57.7 Å². The quantitative estimate of drug-likeness (QED) is 0.473. The average Bonchev–Trinajstić information content (AvgIpc) is 3.36. The van der Waals surface area contributed by atoms with Gasteiger partial charge in [-0.05, 0) is 57.3 Å². The fourth-order valence-corrected chi connectivity index (χ4v) is 10.4. The molecule has 9 unspecified atom stereocenters. The maximum atomic E-state index is 13.5. The molecule has 5 fully saturated rings. The van der Waals surface area contributed by atoms with Crippen molar-refractivity contribution in [2.75, 3.05) is 26.7 Å². The van der Waals surface area contributed by atoms with E-state index in [0.717, 1.165) is 44.9 Å². The first kappa shape index (κ1) is 25.7. The van der Waals surface area contributed by atoms with Crippen LogP contribution in [-0.4, -0.2) is 79.6 Å². The number of hydrogen-bond acceptors (Lipinski definition) is 8.